The van der Waals surface area contributed by atoms with E-state index in [0.29, 0.717) is 11.0 Å². The summed E-state index contributed by atoms with van der Waals surface area (Å²) < 4.78 is 39.4. The van der Waals surface area contributed by atoms with Crippen LogP contribution in [0.15, 0.2) is 18.2 Å². The highest BCUT2D eigenvalue weighted by atomic mass is 127. The summed E-state index contributed by atoms with van der Waals surface area (Å²) in [6, 6.07) is 5.11. The highest BCUT2D eigenvalue weighted by Gasteiger charge is 2.30. The number of aromatic nitrogens is 2. The molecule has 0 aliphatic rings. The van der Waals surface area contributed by atoms with Gasteiger partial charge in [-0.1, -0.05) is 0 Å². The summed E-state index contributed by atoms with van der Waals surface area (Å²) in [6.45, 7) is -1.06. The van der Waals surface area contributed by atoms with E-state index in [1.165, 1.54) is 0 Å². The summed E-state index contributed by atoms with van der Waals surface area (Å²) in [7, 11) is 0. The third-order valence-electron chi connectivity index (χ3n) is 2.25. The fraction of sp³-hybridized carbons (Fsp3) is 0.300. The lowest BCUT2D eigenvalue weighted by atomic mass is 10.3. The molecule has 0 atom stereocenters. The van der Waals surface area contributed by atoms with Gasteiger partial charge >= 0.3 is 6.18 Å². The molecule has 17 heavy (non-hydrogen) atoms. The summed E-state index contributed by atoms with van der Waals surface area (Å²) in [5.74, 6) is 0.197. The highest BCUT2D eigenvalue weighted by molar-refractivity contribution is 14.1. The smallest absolute Gasteiger partial charge is 0.318 e. The average molecular weight is 375 g/mol. The number of fused-ring (bicyclic) bond motifs is 1. The van der Waals surface area contributed by atoms with Crippen LogP contribution in [0.2, 0.25) is 0 Å². The predicted molar refractivity (Wildman–Crippen MR) is 68.1 cm³/mol. The molecule has 1 aromatic heterocycles. The molecule has 1 aromatic carbocycles. The molecule has 2 aromatic rings. The van der Waals surface area contributed by atoms with E-state index in [2.05, 4.69) is 27.6 Å². The summed E-state index contributed by atoms with van der Waals surface area (Å²) in [4.78, 5) is 4.10. The quantitative estimate of drug-likeness (QED) is 0.575. The van der Waals surface area contributed by atoms with Gasteiger partial charge in [0.25, 0.3) is 0 Å². The van der Waals surface area contributed by atoms with Crippen LogP contribution in [0.25, 0.3) is 11.0 Å². The molecule has 0 amide bonds. The Morgan fingerprint density at radius 3 is 2.65 bits per heavy atom. The van der Waals surface area contributed by atoms with Crippen LogP contribution in [0.5, 0.6) is 0 Å². The van der Waals surface area contributed by atoms with Crippen molar-refractivity contribution in [1.29, 1.82) is 0 Å². The zero-order valence-electron chi connectivity index (χ0n) is 8.43. The van der Waals surface area contributed by atoms with Crippen LogP contribution in [-0.4, -0.2) is 15.7 Å². The topological polar surface area (TPSA) is 17.8 Å². The number of hydrogen-bond donors (Lipinski definition) is 0. The fourth-order valence-corrected chi connectivity index (χ4v) is 2.29. The van der Waals surface area contributed by atoms with Gasteiger partial charge in [-0.3, -0.25) is 0 Å². The van der Waals surface area contributed by atoms with Crippen LogP contribution in [0.1, 0.15) is 5.82 Å². The summed E-state index contributed by atoms with van der Waals surface area (Å²) in [6.07, 6.45) is -4.28. The van der Waals surface area contributed by atoms with E-state index in [-0.39, 0.29) is 11.7 Å². The first kappa shape index (κ1) is 12.9. The standard InChI is InChI=1S/C10H7ClF3IN2/c11-4-9-16-7-3-6(15)1-2-8(7)17(9)5-10(12,13)14/h1-3H,4-5H2. The number of alkyl halides is 4. The maximum Gasteiger partial charge on any atom is 0.406 e. The van der Waals surface area contributed by atoms with Crippen molar-refractivity contribution in [3.63, 3.8) is 0 Å². The Kier molecular flexibility index (Phi) is 3.53. The second-order valence-electron chi connectivity index (χ2n) is 3.50. The van der Waals surface area contributed by atoms with Crippen molar-refractivity contribution in [1.82, 2.24) is 9.55 Å². The SMILES string of the molecule is FC(F)(F)Cn1c(CCl)nc2cc(I)ccc21. The van der Waals surface area contributed by atoms with Gasteiger partial charge < -0.3 is 4.57 Å². The molecule has 0 saturated carbocycles. The van der Waals surface area contributed by atoms with Crippen LogP contribution in [0.4, 0.5) is 13.2 Å². The monoisotopic (exact) mass is 374 g/mol. The highest BCUT2D eigenvalue weighted by Crippen LogP contribution is 2.25. The third kappa shape index (κ3) is 2.85. The van der Waals surface area contributed by atoms with E-state index < -0.39 is 12.7 Å². The average Bonchev–Trinajstić information content (AvgIpc) is 2.53. The zero-order valence-corrected chi connectivity index (χ0v) is 11.3. The molecule has 0 fully saturated rings. The first-order valence-corrected chi connectivity index (χ1v) is 6.29. The minimum atomic E-state index is -4.28. The van der Waals surface area contributed by atoms with Gasteiger partial charge in [-0.2, -0.15) is 13.2 Å². The lowest BCUT2D eigenvalue weighted by molar-refractivity contribution is -0.140. The van der Waals surface area contributed by atoms with Crippen LogP contribution >= 0.6 is 34.2 Å². The largest absolute Gasteiger partial charge is 0.406 e. The molecule has 2 rings (SSSR count). The van der Waals surface area contributed by atoms with Gasteiger partial charge in [0.15, 0.2) is 0 Å². The summed E-state index contributed by atoms with van der Waals surface area (Å²) >= 11 is 7.70. The maximum atomic E-state index is 12.4. The molecule has 0 spiro atoms. The molecule has 2 nitrogen and oxygen atoms in total. The van der Waals surface area contributed by atoms with E-state index in [0.717, 1.165) is 8.14 Å². The molecular weight excluding hydrogens is 367 g/mol. The lowest BCUT2D eigenvalue weighted by Gasteiger charge is -2.10. The second-order valence-corrected chi connectivity index (χ2v) is 5.01. The van der Waals surface area contributed by atoms with Crippen LogP contribution in [0, 0.1) is 3.57 Å². The number of nitrogens with zero attached hydrogens (tertiary/aromatic N) is 2. The lowest BCUT2D eigenvalue weighted by Crippen LogP contribution is -2.19. The van der Waals surface area contributed by atoms with E-state index in [9.17, 15) is 13.2 Å². The van der Waals surface area contributed by atoms with Crippen molar-refractivity contribution in [2.24, 2.45) is 0 Å². The molecule has 1 heterocycles. The van der Waals surface area contributed by atoms with E-state index >= 15 is 0 Å². The maximum absolute atomic E-state index is 12.4. The van der Waals surface area contributed by atoms with Gasteiger partial charge in [-0.25, -0.2) is 4.98 Å². The second kappa shape index (κ2) is 4.64. The van der Waals surface area contributed by atoms with E-state index in [1.54, 1.807) is 18.2 Å². The van der Waals surface area contributed by atoms with Crippen molar-refractivity contribution in [2.45, 2.75) is 18.6 Å². The molecule has 0 saturated heterocycles. The van der Waals surface area contributed by atoms with Crippen molar-refractivity contribution < 1.29 is 13.2 Å². The minimum Gasteiger partial charge on any atom is -0.318 e. The van der Waals surface area contributed by atoms with Gasteiger partial charge in [0.2, 0.25) is 0 Å². The molecule has 0 aliphatic heterocycles. The Balaban J connectivity index is 2.58. The summed E-state index contributed by atoms with van der Waals surface area (Å²) in [5, 5.41) is 0. The first-order valence-electron chi connectivity index (χ1n) is 4.68. The van der Waals surface area contributed by atoms with Crippen molar-refractivity contribution in [3.05, 3.63) is 27.6 Å². The Morgan fingerprint density at radius 1 is 1.35 bits per heavy atom. The minimum absolute atomic E-state index is 0.0403. The predicted octanol–water partition coefficient (Wildman–Crippen LogP) is 3.94. The normalized spacial score (nSPS) is 12.3. The molecule has 0 unspecified atom stereocenters. The van der Waals surface area contributed by atoms with Gasteiger partial charge in [-0.05, 0) is 40.8 Å². The van der Waals surface area contributed by atoms with E-state index in [1.807, 2.05) is 0 Å². The number of halogens is 5. The summed E-state index contributed by atoms with van der Waals surface area (Å²) in [5.41, 5.74) is 0.996. The van der Waals surface area contributed by atoms with Gasteiger partial charge in [-0.15, -0.1) is 11.6 Å². The first-order chi connectivity index (χ1) is 7.90. The Hall–Kier alpha value is -0.500. The third-order valence-corrected chi connectivity index (χ3v) is 3.16. The van der Waals surface area contributed by atoms with Gasteiger partial charge in [0.1, 0.15) is 12.4 Å². The number of benzene rings is 1. The Labute approximate surface area is 114 Å². The van der Waals surface area contributed by atoms with E-state index in [4.69, 9.17) is 11.6 Å². The Bertz CT molecular complexity index is 550. The van der Waals surface area contributed by atoms with Crippen LogP contribution in [-0.2, 0) is 12.4 Å². The van der Waals surface area contributed by atoms with Crippen molar-refractivity contribution in [2.75, 3.05) is 0 Å². The van der Waals surface area contributed by atoms with Crippen LogP contribution < -0.4 is 0 Å². The number of hydrogen-bond acceptors (Lipinski definition) is 1. The molecule has 7 heteroatoms. The molecule has 0 bridgehead atoms. The van der Waals surface area contributed by atoms with Gasteiger partial charge in [0, 0.05) is 3.57 Å². The van der Waals surface area contributed by atoms with Crippen LogP contribution in [0.3, 0.4) is 0 Å². The van der Waals surface area contributed by atoms with Gasteiger partial charge in [0.05, 0.1) is 16.9 Å². The molecule has 0 aliphatic carbocycles. The molecule has 92 valence electrons. The molecule has 0 radical (unpaired) electrons. The van der Waals surface area contributed by atoms with Crippen molar-refractivity contribution >= 4 is 45.2 Å². The fourth-order valence-electron chi connectivity index (χ4n) is 1.61. The molecular formula is C10H7ClF3IN2. The van der Waals surface area contributed by atoms with Crippen molar-refractivity contribution in [3.8, 4) is 0 Å². The zero-order chi connectivity index (χ0) is 12.6. The molecule has 0 N–H and O–H groups in total. The number of rotatable bonds is 2. The number of imidazole rings is 1. The Morgan fingerprint density at radius 2 is 2.06 bits per heavy atom.